The topological polar surface area (TPSA) is 80.5 Å². The van der Waals surface area contributed by atoms with Crippen molar-refractivity contribution in [2.24, 2.45) is 0 Å². The minimum Gasteiger partial charge on any atom is -0.467 e. The number of carbonyl (C=O) groups is 1. The number of benzene rings is 2. The average molecular weight is 447 g/mol. The number of halogens is 1. The maximum atomic E-state index is 13.3. The Bertz CT molecular complexity index is 1300. The van der Waals surface area contributed by atoms with Gasteiger partial charge in [-0.25, -0.2) is 13.4 Å². The minimum atomic E-state index is -3.44. The van der Waals surface area contributed by atoms with Crippen LogP contribution in [0.4, 0.5) is 5.13 Å². The number of furan rings is 1. The van der Waals surface area contributed by atoms with Gasteiger partial charge in [-0.1, -0.05) is 29.0 Å². The molecule has 2 aromatic heterocycles. The highest BCUT2D eigenvalue weighted by molar-refractivity contribution is 7.90. The predicted octanol–water partition coefficient (Wildman–Crippen LogP) is 4.79. The molecule has 2 heterocycles. The molecule has 4 aromatic rings. The quantitative estimate of drug-likeness (QED) is 0.440. The molecule has 0 atom stereocenters. The van der Waals surface area contributed by atoms with Gasteiger partial charge in [0, 0.05) is 16.8 Å². The highest BCUT2D eigenvalue weighted by atomic mass is 35.5. The summed E-state index contributed by atoms with van der Waals surface area (Å²) in [6, 6.07) is 14.8. The zero-order chi connectivity index (χ0) is 20.6. The summed E-state index contributed by atoms with van der Waals surface area (Å²) in [7, 11) is -3.44. The van der Waals surface area contributed by atoms with Crippen molar-refractivity contribution < 1.29 is 17.6 Å². The van der Waals surface area contributed by atoms with Gasteiger partial charge < -0.3 is 4.42 Å². The molecule has 2 aromatic carbocycles. The van der Waals surface area contributed by atoms with Gasteiger partial charge in [0.05, 0.1) is 27.9 Å². The molecule has 0 aliphatic heterocycles. The van der Waals surface area contributed by atoms with Crippen LogP contribution in [0.2, 0.25) is 5.02 Å². The van der Waals surface area contributed by atoms with Crippen LogP contribution >= 0.6 is 22.9 Å². The molecular weight excluding hydrogens is 432 g/mol. The third-order valence-electron chi connectivity index (χ3n) is 4.22. The van der Waals surface area contributed by atoms with Gasteiger partial charge in [-0.05, 0) is 48.5 Å². The molecule has 6 nitrogen and oxygen atoms in total. The molecule has 4 rings (SSSR count). The lowest BCUT2D eigenvalue weighted by molar-refractivity contribution is 0.0983. The van der Waals surface area contributed by atoms with Crippen molar-refractivity contribution >= 4 is 54.0 Å². The van der Waals surface area contributed by atoms with Crippen LogP contribution in [-0.2, 0) is 16.4 Å². The number of thiazole rings is 1. The molecule has 0 saturated carbocycles. The molecule has 0 bridgehead atoms. The molecule has 148 valence electrons. The molecule has 29 heavy (non-hydrogen) atoms. The lowest BCUT2D eigenvalue weighted by Crippen LogP contribution is -2.30. The van der Waals surface area contributed by atoms with Gasteiger partial charge in [0.15, 0.2) is 15.0 Å². The summed E-state index contributed by atoms with van der Waals surface area (Å²) in [5.74, 6) is 0.201. The van der Waals surface area contributed by atoms with E-state index < -0.39 is 9.84 Å². The van der Waals surface area contributed by atoms with Crippen molar-refractivity contribution in [3.63, 3.8) is 0 Å². The van der Waals surface area contributed by atoms with Crippen molar-refractivity contribution in [2.45, 2.75) is 11.4 Å². The molecule has 0 unspecified atom stereocenters. The summed E-state index contributed by atoms with van der Waals surface area (Å²) >= 11 is 7.39. The second-order valence-corrected chi connectivity index (χ2v) is 9.84. The maximum Gasteiger partial charge on any atom is 0.260 e. The Balaban J connectivity index is 1.78. The van der Waals surface area contributed by atoms with E-state index in [0.29, 0.717) is 15.9 Å². The summed E-state index contributed by atoms with van der Waals surface area (Å²) in [6.07, 6.45) is 2.63. The molecule has 0 aliphatic carbocycles. The zero-order valence-corrected chi connectivity index (χ0v) is 17.6. The Morgan fingerprint density at radius 1 is 1.17 bits per heavy atom. The number of sulfone groups is 1. The van der Waals surface area contributed by atoms with Crippen LogP contribution in [-0.4, -0.2) is 25.6 Å². The average Bonchev–Trinajstić information content (AvgIpc) is 3.34. The fourth-order valence-corrected chi connectivity index (χ4v) is 4.71. The van der Waals surface area contributed by atoms with Crippen LogP contribution in [0, 0.1) is 0 Å². The number of amides is 1. The molecule has 1 amide bonds. The number of anilines is 1. The van der Waals surface area contributed by atoms with Gasteiger partial charge in [-0.2, -0.15) is 0 Å². The van der Waals surface area contributed by atoms with Crippen LogP contribution in [0.15, 0.2) is 70.2 Å². The monoisotopic (exact) mass is 446 g/mol. The second-order valence-electron chi connectivity index (χ2n) is 6.38. The number of rotatable bonds is 5. The number of hydrogen-bond donors (Lipinski definition) is 0. The number of aromatic nitrogens is 1. The van der Waals surface area contributed by atoms with Gasteiger partial charge in [-0.15, -0.1) is 0 Å². The van der Waals surface area contributed by atoms with Crippen LogP contribution in [0.25, 0.3) is 10.2 Å². The van der Waals surface area contributed by atoms with E-state index in [2.05, 4.69) is 4.98 Å². The lowest BCUT2D eigenvalue weighted by atomic mass is 10.2. The van der Waals surface area contributed by atoms with Crippen molar-refractivity contribution in [1.82, 2.24) is 4.98 Å². The molecule has 9 heteroatoms. The van der Waals surface area contributed by atoms with E-state index in [-0.39, 0.29) is 22.9 Å². The fourth-order valence-electron chi connectivity index (χ4n) is 2.80. The summed E-state index contributed by atoms with van der Waals surface area (Å²) < 4.78 is 30.0. The van der Waals surface area contributed by atoms with Gasteiger partial charge >= 0.3 is 0 Å². The smallest absolute Gasteiger partial charge is 0.260 e. The van der Waals surface area contributed by atoms with Crippen molar-refractivity contribution in [2.75, 3.05) is 11.2 Å². The van der Waals surface area contributed by atoms with Crippen LogP contribution in [0.1, 0.15) is 16.1 Å². The largest absolute Gasteiger partial charge is 0.467 e. The number of hydrogen-bond acceptors (Lipinski definition) is 6. The Morgan fingerprint density at radius 2 is 2.00 bits per heavy atom. The molecular formula is C20H15ClN2O4S2. The van der Waals surface area contributed by atoms with E-state index >= 15 is 0 Å². The molecule has 0 spiro atoms. The highest BCUT2D eigenvalue weighted by Gasteiger charge is 2.24. The Hall–Kier alpha value is -2.68. The Labute approximate surface area is 176 Å². The van der Waals surface area contributed by atoms with Crippen LogP contribution < -0.4 is 4.90 Å². The molecule has 0 N–H and O–H groups in total. The molecule has 0 saturated heterocycles. The van der Waals surface area contributed by atoms with Crippen molar-refractivity contribution in [3.05, 3.63) is 77.2 Å². The first-order valence-corrected chi connectivity index (χ1v) is 11.6. The third-order valence-corrected chi connectivity index (χ3v) is 6.60. The normalized spacial score (nSPS) is 11.7. The predicted molar refractivity (Wildman–Crippen MR) is 113 cm³/mol. The Kier molecular flexibility index (Phi) is 5.16. The van der Waals surface area contributed by atoms with E-state index in [0.717, 1.165) is 16.5 Å². The van der Waals surface area contributed by atoms with Gasteiger partial charge in [0.25, 0.3) is 5.91 Å². The Morgan fingerprint density at radius 3 is 2.72 bits per heavy atom. The summed E-state index contributed by atoms with van der Waals surface area (Å²) in [4.78, 5) is 19.4. The standard InChI is InChI=1S/C20H15ClN2O4S2/c1-29(25,26)16-6-2-4-13(10-16)19(24)23(12-15-5-3-9-27-15)20-22-17-8-7-14(21)11-18(17)28-20/h2-11H,12H2,1H3. The van der Waals surface area contributed by atoms with Crippen molar-refractivity contribution in [1.29, 1.82) is 0 Å². The van der Waals surface area contributed by atoms with Gasteiger partial charge in [-0.3, -0.25) is 9.69 Å². The summed E-state index contributed by atoms with van der Waals surface area (Å²) in [5.41, 5.74) is 0.966. The van der Waals surface area contributed by atoms with E-state index in [1.54, 1.807) is 42.5 Å². The first-order chi connectivity index (χ1) is 13.8. The van der Waals surface area contributed by atoms with Crippen LogP contribution in [0.3, 0.4) is 0 Å². The SMILES string of the molecule is CS(=O)(=O)c1cccc(C(=O)N(Cc2ccco2)c2nc3ccc(Cl)cc3s2)c1. The van der Waals surface area contributed by atoms with Gasteiger partial charge in [0.2, 0.25) is 0 Å². The molecule has 0 radical (unpaired) electrons. The molecule has 0 aliphatic rings. The lowest BCUT2D eigenvalue weighted by Gasteiger charge is -2.19. The zero-order valence-electron chi connectivity index (χ0n) is 15.2. The van der Waals surface area contributed by atoms with E-state index in [1.807, 2.05) is 0 Å². The maximum absolute atomic E-state index is 13.3. The summed E-state index contributed by atoms with van der Waals surface area (Å²) in [5, 5.41) is 1.05. The number of carbonyl (C=O) groups excluding carboxylic acids is 1. The second kappa shape index (κ2) is 7.62. The first-order valence-electron chi connectivity index (χ1n) is 8.52. The number of fused-ring (bicyclic) bond motifs is 1. The van der Waals surface area contributed by atoms with E-state index in [9.17, 15) is 13.2 Å². The van der Waals surface area contributed by atoms with E-state index in [4.69, 9.17) is 16.0 Å². The fraction of sp³-hybridized carbons (Fsp3) is 0.100. The van der Waals surface area contributed by atoms with Crippen molar-refractivity contribution in [3.8, 4) is 0 Å². The molecule has 0 fully saturated rings. The number of nitrogens with zero attached hydrogens (tertiary/aromatic N) is 2. The van der Waals surface area contributed by atoms with Gasteiger partial charge in [0.1, 0.15) is 5.76 Å². The first kappa shape index (κ1) is 19.6. The van der Waals surface area contributed by atoms with Crippen LogP contribution in [0.5, 0.6) is 0 Å². The third kappa shape index (κ3) is 4.19. The minimum absolute atomic E-state index is 0.0809. The highest BCUT2D eigenvalue weighted by Crippen LogP contribution is 2.32. The van der Waals surface area contributed by atoms with E-state index in [1.165, 1.54) is 34.6 Å². The summed E-state index contributed by atoms with van der Waals surface area (Å²) in [6.45, 7) is 0.155.